The van der Waals surface area contributed by atoms with E-state index in [2.05, 4.69) is 258 Å². The van der Waals surface area contributed by atoms with Crippen molar-refractivity contribution in [2.45, 2.75) is 12.3 Å². The molecule has 11 aromatic rings. The first-order chi connectivity index (χ1) is 31.7. The lowest BCUT2D eigenvalue weighted by Gasteiger charge is -2.28. The fourth-order valence-electron chi connectivity index (χ4n) is 10.0. The summed E-state index contributed by atoms with van der Waals surface area (Å²) >= 11 is 0. The Morgan fingerprint density at radius 2 is 0.922 bits per heavy atom. The fourth-order valence-corrected chi connectivity index (χ4v) is 10.0. The molecule has 2 nitrogen and oxygen atoms in total. The third kappa shape index (κ3) is 6.68. The molecule has 302 valence electrons. The van der Waals surface area contributed by atoms with Gasteiger partial charge in [0, 0.05) is 34.1 Å². The maximum atomic E-state index is 2.46. The van der Waals surface area contributed by atoms with Crippen molar-refractivity contribution in [3.05, 3.63) is 259 Å². The Bertz CT molecular complexity index is 3490. The standard InChI is InChI=1S/C62H44N2/c1-4-14-43(15-5-1)45-28-34-53(35-29-45)63(54-36-30-46(31-37-54)48-32-38-57-51(40-48)27-26-47-18-10-11-23-56(47)57)55-22-12-19-50(41-55)58-24-13-25-60-62(58)59-39-33-49(44-16-6-2-7-17-44)42-61(59)64(60)52-20-8-3-9-21-52/h1-23,25-42,58H,24H2. The summed E-state index contributed by atoms with van der Waals surface area (Å²) in [6.07, 6.45) is 5.63. The molecule has 1 atom stereocenters. The van der Waals surface area contributed by atoms with E-state index >= 15 is 0 Å². The zero-order valence-electron chi connectivity index (χ0n) is 35.4. The summed E-state index contributed by atoms with van der Waals surface area (Å²) in [5, 5.41) is 6.39. The maximum absolute atomic E-state index is 2.46. The smallest absolute Gasteiger partial charge is 0.0544 e. The van der Waals surface area contributed by atoms with E-state index in [-0.39, 0.29) is 5.92 Å². The van der Waals surface area contributed by atoms with E-state index in [1.807, 2.05) is 0 Å². The average Bonchev–Trinajstić information content (AvgIpc) is 3.71. The van der Waals surface area contributed by atoms with Crippen LogP contribution in [0.3, 0.4) is 0 Å². The molecule has 1 aliphatic rings. The molecule has 0 N–H and O–H groups in total. The minimum atomic E-state index is 0.171. The van der Waals surface area contributed by atoms with E-state index in [1.165, 1.54) is 88.3 Å². The number of hydrogen-bond donors (Lipinski definition) is 0. The van der Waals surface area contributed by atoms with Gasteiger partial charge in [0.15, 0.2) is 0 Å². The number of benzene rings is 10. The SMILES string of the molecule is C1=Cc2c(c3ccc(-c4ccccc4)cc3n2-c2ccccc2)C(c2cccc(N(c3ccc(-c4ccccc4)cc3)c3ccc(-c4ccc5c(ccc6ccccc65)c4)cc3)c2)C1. The lowest BCUT2D eigenvalue weighted by Crippen LogP contribution is -2.12. The number of aromatic nitrogens is 1. The quantitative estimate of drug-likeness (QED) is 0.139. The molecule has 1 heterocycles. The third-order valence-electron chi connectivity index (χ3n) is 13.1. The van der Waals surface area contributed by atoms with E-state index in [1.54, 1.807) is 0 Å². The van der Waals surface area contributed by atoms with Crippen molar-refractivity contribution in [1.29, 1.82) is 0 Å². The molecule has 2 heteroatoms. The molecule has 0 spiro atoms. The van der Waals surface area contributed by atoms with Crippen molar-refractivity contribution < 1.29 is 0 Å². The molecule has 1 aromatic heterocycles. The molecule has 0 saturated heterocycles. The monoisotopic (exact) mass is 816 g/mol. The second kappa shape index (κ2) is 15.9. The van der Waals surface area contributed by atoms with Crippen molar-refractivity contribution in [2.75, 3.05) is 4.90 Å². The van der Waals surface area contributed by atoms with Crippen molar-refractivity contribution in [3.63, 3.8) is 0 Å². The Morgan fingerprint density at radius 3 is 1.64 bits per heavy atom. The lowest BCUT2D eigenvalue weighted by atomic mass is 9.83. The van der Waals surface area contributed by atoms with Crippen LogP contribution in [0.5, 0.6) is 0 Å². The van der Waals surface area contributed by atoms with E-state index in [0.29, 0.717) is 0 Å². The van der Waals surface area contributed by atoms with Gasteiger partial charge in [-0.25, -0.2) is 0 Å². The summed E-state index contributed by atoms with van der Waals surface area (Å²) in [5.41, 5.74) is 16.9. The summed E-state index contributed by atoms with van der Waals surface area (Å²) < 4.78 is 2.46. The van der Waals surface area contributed by atoms with Crippen LogP contribution in [0.25, 0.3) is 77.6 Å². The van der Waals surface area contributed by atoms with Gasteiger partial charge in [-0.1, -0.05) is 182 Å². The zero-order valence-corrected chi connectivity index (χ0v) is 35.4. The molecule has 0 fully saturated rings. The predicted molar refractivity (Wildman–Crippen MR) is 271 cm³/mol. The molecule has 0 bridgehead atoms. The highest BCUT2D eigenvalue weighted by Gasteiger charge is 2.28. The second-order valence-corrected chi connectivity index (χ2v) is 16.9. The Balaban J connectivity index is 0.961. The first-order valence-corrected chi connectivity index (χ1v) is 22.3. The topological polar surface area (TPSA) is 8.17 Å². The molecule has 0 amide bonds. The minimum Gasteiger partial charge on any atom is -0.310 e. The summed E-state index contributed by atoms with van der Waals surface area (Å²) in [5.74, 6) is 0.171. The van der Waals surface area contributed by atoms with Gasteiger partial charge < -0.3 is 9.47 Å². The Labute approximate surface area is 374 Å². The van der Waals surface area contributed by atoms with Crippen LogP contribution in [0, 0.1) is 0 Å². The predicted octanol–water partition coefficient (Wildman–Crippen LogP) is 17.0. The lowest BCUT2D eigenvalue weighted by molar-refractivity contribution is 0.819. The van der Waals surface area contributed by atoms with Gasteiger partial charge in [-0.15, -0.1) is 0 Å². The summed E-state index contributed by atoms with van der Waals surface area (Å²) in [4.78, 5) is 2.41. The molecule has 0 saturated carbocycles. The Hall–Kier alpha value is -8.20. The van der Waals surface area contributed by atoms with Crippen LogP contribution in [-0.2, 0) is 0 Å². The molecule has 0 aliphatic heterocycles. The molecule has 1 aliphatic carbocycles. The molecule has 10 aromatic carbocycles. The van der Waals surface area contributed by atoms with Gasteiger partial charge >= 0.3 is 0 Å². The number of fused-ring (bicyclic) bond motifs is 6. The molecular weight excluding hydrogens is 773 g/mol. The van der Waals surface area contributed by atoms with Crippen LogP contribution in [0.4, 0.5) is 17.1 Å². The summed E-state index contributed by atoms with van der Waals surface area (Å²) in [6, 6.07) is 86.5. The van der Waals surface area contributed by atoms with E-state index in [0.717, 1.165) is 23.5 Å². The minimum absolute atomic E-state index is 0.171. The van der Waals surface area contributed by atoms with Crippen LogP contribution in [0.1, 0.15) is 29.2 Å². The maximum Gasteiger partial charge on any atom is 0.0544 e. The molecule has 12 rings (SSSR count). The fraction of sp³-hybridized carbons (Fsp3) is 0.0323. The zero-order chi connectivity index (χ0) is 42.4. The first kappa shape index (κ1) is 37.6. The van der Waals surface area contributed by atoms with Gasteiger partial charge in [0.1, 0.15) is 0 Å². The summed E-state index contributed by atoms with van der Waals surface area (Å²) in [6.45, 7) is 0. The van der Waals surface area contributed by atoms with E-state index < -0.39 is 0 Å². The van der Waals surface area contributed by atoms with Crippen molar-refractivity contribution in [3.8, 4) is 39.1 Å². The van der Waals surface area contributed by atoms with Crippen molar-refractivity contribution in [1.82, 2.24) is 4.57 Å². The second-order valence-electron chi connectivity index (χ2n) is 16.9. The van der Waals surface area contributed by atoms with Gasteiger partial charge in [0.2, 0.25) is 0 Å². The normalized spacial score (nSPS) is 13.3. The number of hydrogen-bond acceptors (Lipinski definition) is 1. The Kier molecular flexibility index (Phi) is 9.34. The first-order valence-electron chi connectivity index (χ1n) is 22.3. The molecule has 0 radical (unpaired) electrons. The number of para-hydroxylation sites is 1. The molecule has 1 unspecified atom stereocenters. The van der Waals surface area contributed by atoms with Crippen LogP contribution >= 0.6 is 0 Å². The van der Waals surface area contributed by atoms with Crippen LogP contribution in [0.2, 0.25) is 0 Å². The van der Waals surface area contributed by atoms with Crippen LogP contribution in [-0.4, -0.2) is 4.57 Å². The van der Waals surface area contributed by atoms with E-state index in [4.69, 9.17) is 0 Å². The van der Waals surface area contributed by atoms with Crippen molar-refractivity contribution >= 4 is 55.6 Å². The summed E-state index contributed by atoms with van der Waals surface area (Å²) in [7, 11) is 0. The van der Waals surface area contributed by atoms with Gasteiger partial charge in [0.25, 0.3) is 0 Å². The number of allylic oxidation sites excluding steroid dienone is 1. The van der Waals surface area contributed by atoms with Crippen LogP contribution < -0.4 is 4.90 Å². The van der Waals surface area contributed by atoms with Gasteiger partial charge in [0.05, 0.1) is 11.2 Å². The van der Waals surface area contributed by atoms with Gasteiger partial charge in [-0.2, -0.15) is 0 Å². The Morgan fingerprint density at radius 1 is 0.375 bits per heavy atom. The number of nitrogens with zero attached hydrogens (tertiary/aromatic N) is 2. The van der Waals surface area contributed by atoms with E-state index in [9.17, 15) is 0 Å². The number of rotatable bonds is 8. The molecule has 64 heavy (non-hydrogen) atoms. The highest BCUT2D eigenvalue weighted by Crippen LogP contribution is 2.46. The largest absolute Gasteiger partial charge is 0.310 e. The molecular formula is C62H44N2. The third-order valence-corrected chi connectivity index (χ3v) is 13.1. The average molecular weight is 817 g/mol. The highest BCUT2D eigenvalue weighted by molar-refractivity contribution is 6.08. The highest BCUT2D eigenvalue weighted by atomic mass is 15.1. The number of anilines is 3. The van der Waals surface area contributed by atoms with Crippen LogP contribution in [0.15, 0.2) is 243 Å². The van der Waals surface area contributed by atoms with Gasteiger partial charge in [-0.05, 0) is 139 Å². The van der Waals surface area contributed by atoms with Gasteiger partial charge in [-0.3, -0.25) is 0 Å². The van der Waals surface area contributed by atoms with Crippen molar-refractivity contribution in [2.24, 2.45) is 0 Å².